The molecule has 0 unspecified atom stereocenters. The summed E-state index contributed by atoms with van der Waals surface area (Å²) in [5, 5.41) is 0.416. The zero-order valence-corrected chi connectivity index (χ0v) is 14.2. The number of nitrogens with zero attached hydrogens (tertiary/aromatic N) is 3. The summed E-state index contributed by atoms with van der Waals surface area (Å²) in [5.41, 5.74) is 6.47. The van der Waals surface area contributed by atoms with Crippen LogP contribution in [0, 0.1) is 5.82 Å². The molecule has 3 aromatic rings. The third-order valence-electron chi connectivity index (χ3n) is 4.64. The standard InChI is InChI=1S/C19H17FN4O2/c1-23(8-4-7-21)16-10-15-12(9-13(16)20)17(25)18-22-14-6-3-2-5-11(14)19(26)24(15)18/h2-3,5-6,9-10H,4,7-8,21H2,1H3. The Morgan fingerprint density at radius 2 is 2.00 bits per heavy atom. The fourth-order valence-corrected chi connectivity index (χ4v) is 3.29. The zero-order chi connectivity index (χ0) is 18.4. The number of hydrogen-bond acceptors (Lipinski definition) is 5. The van der Waals surface area contributed by atoms with Gasteiger partial charge in [0.2, 0.25) is 5.78 Å². The highest BCUT2D eigenvalue weighted by molar-refractivity contribution is 6.13. The first-order chi connectivity index (χ1) is 12.5. The fraction of sp³-hybridized carbons (Fsp3) is 0.211. The quantitative estimate of drug-likeness (QED) is 0.606. The van der Waals surface area contributed by atoms with Crippen molar-refractivity contribution >= 4 is 22.4 Å². The van der Waals surface area contributed by atoms with E-state index < -0.39 is 11.6 Å². The highest BCUT2D eigenvalue weighted by atomic mass is 19.1. The largest absolute Gasteiger partial charge is 0.372 e. The van der Waals surface area contributed by atoms with E-state index in [9.17, 15) is 14.0 Å². The lowest BCUT2D eigenvalue weighted by atomic mass is 10.1. The number of carbonyl (C=O) groups is 1. The third-order valence-corrected chi connectivity index (χ3v) is 4.64. The van der Waals surface area contributed by atoms with Crippen LogP contribution in [-0.2, 0) is 0 Å². The van der Waals surface area contributed by atoms with E-state index in [1.165, 1.54) is 16.7 Å². The van der Waals surface area contributed by atoms with E-state index in [0.717, 1.165) is 0 Å². The molecule has 0 fully saturated rings. The van der Waals surface area contributed by atoms with Crippen molar-refractivity contribution in [2.45, 2.75) is 6.42 Å². The van der Waals surface area contributed by atoms with E-state index in [0.29, 0.717) is 41.8 Å². The maximum atomic E-state index is 14.6. The molecule has 2 N–H and O–H groups in total. The molecular formula is C19H17FN4O2. The Morgan fingerprint density at radius 1 is 1.23 bits per heavy atom. The van der Waals surface area contributed by atoms with Gasteiger partial charge in [0.25, 0.3) is 5.56 Å². The van der Waals surface area contributed by atoms with Crippen molar-refractivity contribution in [3.8, 4) is 5.69 Å². The molecule has 0 aliphatic carbocycles. The van der Waals surface area contributed by atoms with E-state index in [-0.39, 0.29) is 16.9 Å². The Morgan fingerprint density at radius 3 is 2.77 bits per heavy atom. The van der Waals surface area contributed by atoms with Gasteiger partial charge in [-0.05, 0) is 37.2 Å². The van der Waals surface area contributed by atoms with Gasteiger partial charge >= 0.3 is 0 Å². The number of anilines is 1. The number of nitrogens with two attached hydrogens (primary N) is 1. The monoisotopic (exact) mass is 352 g/mol. The van der Waals surface area contributed by atoms with Crippen LogP contribution in [0.15, 0.2) is 41.2 Å². The van der Waals surface area contributed by atoms with Crippen LogP contribution < -0.4 is 16.2 Å². The second kappa shape index (κ2) is 6.03. The molecule has 26 heavy (non-hydrogen) atoms. The summed E-state index contributed by atoms with van der Waals surface area (Å²) in [4.78, 5) is 31.6. The topological polar surface area (TPSA) is 81.2 Å². The van der Waals surface area contributed by atoms with Gasteiger partial charge in [0, 0.05) is 13.6 Å². The Kier molecular flexibility index (Phi) is 3.81. The van der Waals surface area contributed by atoms with Gasteiger partial charge < -0.3 is 10.6 Å². The van der Waals surface area contributed by atoms with Crippen molar-refractivity contribution in [1.29, 1.82) is 0 Å². The minimum absolute atomic E-state index is 0.0184. The van der Waals surface area contributed by atoms with Gasteiger partial charge in [-0.1, -0.05) is 12.1 Å². The van der Waals surface area contributed by atoms with Crippen LogP contribution in [0.4, 0.5) is 10.1 Å². The van der Waals surface area contributed by atoms with Crippen molar-refractivity contribution in [2.75, 3.05) is 25.0 Å². The Balaban J connectivity index is 1.95. The molecule has 0 spiro atoms. The molecule has 0 atom stereocenters. The zero-order valence-electron chi connectivity index (χ0n) is 14.2. The van der Waals surface area contributed by atoms with Crippen molar-refractivity contribution in [1.82, 2.24) is 9.55 Å². The van der Waals surface area contributed by atoms with Crippen LogP contribution in [0.25, 0.3) is 16.6 Å². The SMILES string of the molecule is CN(CCCN)c1cc2c(cc1F)C(=O)c1nc3ccccc3c(=O)n1-2. The van der Waals surface area contributed by atoms with E-state index in [1.807, 2.05) is 0 Å². The lowest BCUT2D eigenvalue weighted by molar-refractivity contribution is 0.103. The number of aromatic nitrogens is 2. The van der Waals surface area contributed by atoms with Gasteiger partial charge in [0.1, 0.15) is 5.82 Å². The molecule has 0 amide bonds. The summed E-state index contributed by atoms with van der Waals surface area (Å²) in [7, 11) is 1.75. The van der Waals surface area contributed by atoms with Crippen molar-refractivity contribution in [3.05, 3.63) is 64.0 Å². The fourth-order valence-electron chi connectivity index (χ4n) is 3.29. The summed E-state index contributed by atoms with van der Waals surface area (Å²) in [6.45, 7) is 1.06. The van der Waals surface area contributed by atoms with E-state index in [2.05, 4.69) is 4.98 Å². The first kappa shape index (κ1) is 16.4. The molecule has 2 aromatic carbocycles. The van der Waals surface area contributed by atoms with Crippen molar-refractivity contribution < 1.29 is 9.18 Å². The van der Waals surface area contributed by atoms with Crippen molar-refractivity contribution in [3.63, 3.8) is 0 Å². The molecule has 2 heterocycles. The first-order valence-corrected chi connectivity index (χ1v) is 8.34. The second-order valence-electron chi connectivity index (χ2n) is 6.31. The van der Waals surface area contributed by atoms with Gasteiger partial charge in [-0.2, -0.15) is 0 Å². The number of rotatable bonds is 4. The molecule has 0 saturated heterocycles. The molecule has 132 valence electrons. The van der Waals surface area contributed by atoms with Gasteiger partial charge in [-0.25, -0.2) is 9.37 Å². The normalized spacial score (nSPS) is 12.3. The molecule has 1 aliphatic rings. The highest BCUT2D eigenvalue weighted by Gasteiger charge is 2.32. The Labute approximate surface area is 148 Å². The predicted molar refractivity (Wildman–Crippen MR) is 97.7 cm³/mol. The van der Waals surface area contributed by atoms with Crippen LogP contribution >= 0.6 is 0 Å². The van der Waals surface area contributed by atoms with Gasteiger partial charge in [0.15, 0.2) is 5.82 Å². The summed E-state index contributed by atoms with van der Waals surface area (Å²) in [5.74, 6) is -0.940. The minimum atomic E-state index is -0.512. The van der Waals surface area contributed by atoms with Crippen LogP contribution in [0.5, 0.6) is 0 Å². The van der Waals surface area contributed by atoms with Crippen LogP contribution in [0.2, 0.25) is 0 Å². The van der Waals surface area contributed by atoms with Gasteiger partial charge in [0.05, 0.1) is 27.8 Å². The molecule has 1 aromatic heterocycles. The van der Waals surface area contributed by atoms with Gasteiger partial charge in [-0.15, -0.1) is 0 Å². The molecular weight excluding hydrogens is 335 g/mol. The van der Waals surface area contributed by atoms with Crippen LogP contribution in [0.1, 0.15) is 22.6 Å². The summed E-state index contributed by atoms with van der Waals surface area (Å²) in [6.07, 6.45) is 0.703. The van der Waals surface area contributed by atoms with Crippen LogP contribution in [-0.4, -0.2) is 35.5 Å². The number of fused-ring (bicyclic) bond motifs is 4. The lowest BCUT2D eigenvalue weighted by Crippen LogP contribution is -2.23. The molecule has 1 aliphatic heterocycles. The Hall–Kier alpha value is -3.06. The highest BCUT2D eigenvalue weighted by Crippen LogP contribution is 2.32. The smallest absolute Gasteiger partial charge is 0.266 e. The Bertz CT molecular complexity index is 1110. The third kappa shape index (κ3) is 2.32. The van der Waals surface area contributed by atoms with E-state index >= 15 is 0 Å². The number of carbonyl (C=O) groups excluding carboxylic acids is 1. The summed E-state index contributed by atoms with van der Waals surface area (Å²) in [6, 6.07) is 9.56. The van der Waals surface area contributed by atoms with Crippen LogP contribution in [0.3, 0.4) is 0 Å². The number of ketones is 1. The number of para-hydroxylation sites is 1. The second-order valence-corrected chi connectivity index (χ2v) is 6.31. The van der Waals surface area contributed by atoms with E-state index in [1.54, 1.807) is 36.2 Å². The molecule has 0 saturated carbocycles. The maximum Gasteiger partial charge on any atom is 0.266 e. The summed E-state index contributed by atoms with van der Waals surface area (Å²) < 4.78 is 15.8. The van der Waals surface area contributed by atoms with Gasteiger partial charge in [-0.3, -0.25) is 14.2 Å². The number of hydrogen-bond donors (Lipinski definition) is 1. The van der Waals surface area contributed by atoms with Crippen molar-refractivity contribution in [2.24, 2.45) is 5.73 Å². The number of benzene rings is 2. The minimum Gasteiger partial charge on any atom is -0.372 e. The molecule has 0 radical (unpaired) electrons. The predicted octanol–water partition coefficient (Wildman–Crippen LogP) is 1.85. The van der Waals surface area contributed by atoms with E-state index in [4.69, 9.17) is 5.73 Å². The molecule has 4 rings (SSSR count). The molecule has 7 heteroatoms. The summed E-state index contributed by atoms with van der Waals surface area (Å²) >= 11 is 0. The lowest BCUT2D eigenvalue weighted by Gasteiger charge is -2.20. The first-order valence-electron chi connectivity index (χ1n) is 8.34. The average molecular weight is 352 g/mol. The molecule has 6 nitrogen and oxygen atoms in total. The molecule has 0 bridgehead atoms. The average Bonchev–Trinajstić information content (AvgIpc) is 2.91. The maximum absolute atomic E-state index is 14.6. The number of halogens is 1.